The molecule has 1 heterocycles. The first kappa shape index (κ1) is 14.1. The van der Waals surface area contributed by atoms with Gasteiger partial charge in [-0.2, -0.15) is 0 Å². The Hall–Kier alpha value is -1.84. The maximum absolute atomic E-state index is 9.46. The molecule has 3 rings (SSSR count). The van der Waals surface area contributed by atoms with Crippen LogP contribution < -0.4 is 9.80 Å². The molecule has 0 atom stereocenters. The van der Waals surface area contributed by atoms with E-state index in [1.807, 2.05) is 12.1 Å². The number of aliphatic hydroxyl groups excluding tert-OH is 1. The Kier molecular flexibility index (Phi) is 4.53. The molecule has 21 heavy (non-hydrogen) atoms. The molecule has 0 unspecified atom stereocenters. The number of aliphatic hydroxyl groups is 1. The molecule has 2 aromatic rings. The van der Waals surface area contributed by atoms with Crippen LogP contribution in [0.4, 0.5) is 5.69 Å². The van der Waals surface area contributed by atoms with Gasteiger partial charge in [-0.05, 0) is 6.07 Å². The van der Waals surface area contributed by atoms with Gasteiger partial charge in [-0.3, -0.25) is 0 Å². The molecule has 0 radical (unpaired) electrons. The molecule has 110 valence electrons. The zero-order chi connectivity index (χ0) is 14.5. The molecule has 3 nitrogen and oxygen atoms in total. The number of hydrogen-bond acceptors (Lipinski definition) is 2. The molecule has 2 N–H and O–H groups in total. The quantitative estimate of drug-likeness (QED) is 0.879. The minimum Gasteiger partial charge on any atom is -0.392 e. The Balaban J connectivity index is 1.60. The van der Waals surface area contributed by atoms with Crippen LogP contribution in [0.1, 0.15) is 11.1 Å². The molecule has 1 aliphatic heterocycles. The second-order valence-electron chi connectivity index (χ2n) is 5.69. The number of hydrogen-bond donors (Lipinski definition) is 2. The number of rotatable bonds is 4. The Morgan fingerprint density at radius 3 is 2.29 bits per heavy atom. The molecular formula is C18H23N2O+. The SMILES string of the molecule is OCc1ccccc1N1CC[NH+](Cc2ccccc2)CC1. The van der Waals surface area contributed by atoms with Crippen molar-refractivity contribution >= 4 is 5.69 Å². The first-order valence-electron chi connectivity index (χ1n) is 7.68. The summed E-state index contributed by atoms with van der Waals surface area (Å²) in [7, 11) is 0. The summed E-state index contributed by atoms with van der Waals surface area (Å²) < 4.78 is 0. The minimum atomic E-state index is 0.118. The van der Waals surface area contributed by atoms with Crippen molar-refractivity contribution in [1.29, 1.82) is 0 Å². The van der Waals surface area contributed by atoms with Crippen LogP contribution in [0.5, 0.6) is 0 Å². The first-order chi connectivity index (χ1) is 10.4. The Morgan fingerprint density at radius 2 is 1.57 bits per heavy atom. The van der Waals surface area contributed by atoms with Crippen molar-refractivity contribution in [3.05, 3.63) is 65.7 Å². The van der Waals surface area contributed by atoms with E-state index in [2.05, 4.69) is 47.4 Å². The Morgan fingerprint density at radius 1 is 0.905 bits per heavy atom. The van der Waals surface area contributed by atoms with Gasteiger partial charge in [0.25, 0.3) is 0 Å². The van der Waals surface area contributed by atoms with E-state index in [0.717, 1.165) is 38.3 Å². The van der Waals surface area contributed by atoms with E-state index >= 15 is 0 Å². The van der Waals surface area contributed by atoms with Gasteiger partial charge in [-0.1, -0.05) is 48.5 Å². The van der Waals surface area contributed by atoms with Crippen LogP contribution in [-0.4, -0.2) is 31.3 Å². The van der Waals surface area contributed by atoms with Gasteiger partial charge in [-0.25, -0.2) is 0 Å². The number of para-hydroxylation sites is 1. The lowest BCUT2D eigenvalue weighted by Gasteiger charge is -2.34. The topological polar surface area (TPSA) is 27.9 Å². The van der Waals surface area contributed by atoms with E-state index < -0.39 is 0 Å². The number of anilines is 1. The van der Waals surface area contributed by atoms with Crippen LogP contribution in [0.3, 0.4) is 0 Å². The van der Waals surface area contributed by atoms with Crippen molar-refractivity contribution in [3.8, 4) is 0 Å². The molecule has 0 saturated carbocycles. The van der Waals surface area contributed by atoms with Gasteiger partial charge in [0, 0.05) is 16.8 Å². The molecular weight excluding hydrogens is 260 g/mol. The summed E-state index contributed by atoms with van der Waals surface area (Å²) in [6.07, 6.45) is 0. The van der Waals surface area contributed by atoms with Gasteiger partial charge in [0.05, 0.1) is 32.8 Å². The number of nitrogens with zero attached hydrogens (tertiary/aromatic N) is 1. The zero-order valence-electron chi connectivity index (χ0n) is 12.3. The third-order valence-corrected chi connectivity index (χ3v) is 4.27. The standard InChI is InChI=1S/C18H22N2O/c21-15-17-8-4-5-9-18(17)20-12-10-19(11-13-20)14-16-6-2-1-3-7-16/h1-9,21H,10-15H2/p+1. The van der Waals surface area contributed by atoms with Crippen molar-refractivity contribution in [2.24, 2.45) is 0 Å². The van der Waals surface area contributed by atoms with E-state index in [-0.39, 0.29) is 6.61 Å². The van der Waals surface area contributed by atoms with E-state index in [1.54, 1.807) is 4.90 Å². The minimum absolute atomic E-state index is 0.118. The highest BCUT2D eigenvalue weighted by Crippen LogP contribution is 2.20. The number of quaternary nitrogens is 1. The second-order valence-corrected chi connectivity index (χ2v) is 5.69. The molecule has 2 aromatic carbocycles. The second kappa shape index (κ2) is 6.74. The van der Waals surface area contributed by atoms with Gasteiger partial charge in [0.15, 0.2) is 0 Å². The summed E-state index contributed by atoms with van der Waals surface area (Å²) in [4.78, 5) is 4.04. The third-order valence-electron chi connectivity index (χ3n) is 4.27. The van der Waals surface area contributed by atoms with Gasteiger partial charge in [0.2, 0.25) is 0 Å². The molecule has 0 amide bonds. The fraction of sp³-hybridized carbons (Fsp3) is 0.333. The van der Waals surface area contributed by atoms with Gasteiger partial charge in [0.1, 0.15) is 6.54 Å². The van der Waals surface area contributed by atoms with E-state index in [4.69, 9.17) is 0 Å². The molecule has 0 aliphatic carbocycles. The predicted molar refractivity (Wildman–Crippen MR) is 85.4 cm³/mol. The summed E-state index contributed by atoms with van der Waals surface area (Å²) in [5, 5.41) is 9.46. The molecule has 1 saturated heterocycles. The largest absolute Gasteiger partial charge is 0.392 e. The first-order valence-corrected chi connectivity index (χ1v) is 7.68. The monoisotopic (exact) mass is 283 g/mol. The van der Waals surface area contributed by atoms with Gasteiger partial charge < -0.3 is 14.9 Å². The molecule has 0 aromatic heterocycles. The lowest BCUT2D eigenvalue weighted by molar-refractivity contribution is -0.914. The van der Waals surface area contributed by atoms with Crippen LogP contribution >= 0.6 is 0 Å². The highest BCUT2D eigenvalue weighted by molar-refractivity contribution is 5.53. The maximum Gasteiger partial charge on any atom is 0.103 e. The molecule has 1 fully saturated rings. The molecule has 0 bridgehead atoms. The predicted octanol–water partition coefficient (Wildman–Crippen LogP) is 1.08. The Labute approximate surface area is 126 Å². The molecule has 3 heteroatoms. The Bertz CT molecular complexity index is 562. The third kappa shape index (κ3) is 3.43. The van der Waals surface area contributed by atoms with Crippen LogP contribution in [0.15, 0.2) is 54.6 Å². The van der Waals surface area contributed by atoms with Crippen LogP contribution in [0.2, 0.25) is 0 Å². The highest BCUT2D eigenvalue weighted by Gasteiger charge is 2.21. The normalized spacial score (nSPS) is 16.1. The van der Waals surface area contributed by atoms with E-state index in [9.17, 15) is 5.11 Å². The van der Waals surface area contributed by atoms with E-state index in [0.29, 0.717) is 0 Å². The van der Waals surface area contributed by atoms with Crippen molar-refractivity contribution in [2.75, 3.05) is 31.1 Å². The highest BCUT2D eigenvalue weighted by atomic mass is 16.3. The fourth-order valence-corrected chi connectivity index (χ4v) is 3.08. The van der Waals surface area contributed by atoms with Crippen molar-refractivity contribution in [3.63, 3.8) is 0 Å². The lowest BCUT2D eigenvalue weighted by Crippen LogP contribution is -3.13. The smallest absolute Gasteiger partial charge is 0.103 e. The van der Waals surface area contributed by atoms with Crippen LogP contribution in [-0.2, 0) is 13.2 Å². The van der Waals surface area contributed by atoms with Gasteiger partial charge >= 0.3 is 0 Å². The van der Waals surface area contributed by atoms with Crippen molar-refractivity contribution < 1.29 is 10.0 Å². The summed E-state index contributed by atoms with van der Waals surface area (Å²) in [5.41, 5.74) is 3.64. The van der Waals surface area contributed by atoms with Crippen LogP contribution in [0, 0.1) is 0 Å². The number of benzene rings is 2. The average Bonchev–Trinajstić information content (AvgIpc) is 2.56. The summed E-state index contributed by atoms with van der Waals surface area (Å²) in [6.45, 7) is 5.63. The van der Waals surface area contributed by atoms with Crippen molar-refractivity contribution in [1.82, 2.24) is 0 Å². The van der Waals surface area contributed by atoms with Crippen molar-refractivity contribution in [2.45, 2.75) is 13.2 Å². The van der Waals surface area contributed by atoms with Gasteiger partial charge in [-0.15, -0.1) is 0 Å². The number of nitrogens with one attached hydrogen (secondary N) is 1. The molecule has 1 aliphatic rings. The summed E-state index contributed by atoms with van der Waals surface area (Å²) in [5.74, 6) is 0. The zero-order valence-corrected chi connectivity index (χ0v) is 12.3. The summed E-state index contributed by atoms with van der Waals surface area (Å²) in [6, 6.07) is 18.9. The number of piperazine rings is 1. The fourth-order valence-electron chi connectivity index (χ4n) is 3.08. The van der Waals surface area contributed by atoms with E-state index in [1.165, 1.54) is 11.3 Å². The average molecular weight is 283 g/mol. The lowest BCUT2D eigenvalue weighted by atomic mass is 10.1. The summed E-state index contributed by atoms with van der Waals surface area (Å²) >= 11 is 0. The maximum atomic E-state index is 9.46. The van der Waals surface area contributed by atoms with Crippen LogP contribution in [0.25, 0.3) is 0 Å². The molecule has 0 spiro atoms.